The van der Waals surface area contributed by atoms with Crippen LogP contribution in [0, 0.1) is 10.7 Å². The molecule has 0 saturated heterocycles. The number of benzene rings is 1. The number of halogens is 2. The Balaban J connectivity index is 2.98. The maximum absolute atomic E-state index is 12.8. The summed E-state index contributed by atoms with van der Waals surface area (Å²) in [6, 6.07) is 4.12. The molecule has 0 N–H and O–H groups in total. The van der Waals surface area contributed by atoms with E-state index in [1.807, 2.05) is 0 Å². The monoisotopic (exact) mass is 173 g/mol. The predicted octanol–water partition coefficient (Wildman–Crippen LogP) is 2.75. The quantitative estimate of drug-likeness (QED) is 0.633. The molecule has 0 aliphatic carbocycles. The van der Waals surface area contributed by atoms with E-state index in [0.717, 1.165) is 6.07 Å². The highest BCUT2D eigenvalue weighted by atomic mass is 35.5. The molecule has 0 amide bonds. The molecule has 0 unspecified atom stereocenters. The third-order valence-corrected chi connectivity index (χ3v) is 1.49. The van der Waals surface area contributed by atoms with Gasteiger partial charge in [0.2, 0.25) is 0 Å². The Kier molecular flexibility index (Phi) is 2.54. The van der Waals surface area contributed by atoms with Crippen LogP contribution in [0.3, 0.4) is 0 Å². The summed E-state index contributed by atoms with van der Waals surface area (Å²) in [5, 5.41) is 2.88. The molecule has 0 saturated carbocycles. The van der Waals surface area contributed by atoms with Crippen LogP contribution < -0.4 is 0 Å². The van der Waals surface area contributed by atoms with E-state index in [1.165, 1.54) is 12.1 Å². The molecular weight excluding hydrogens is 169 g/mol. The first kappa shape index (κ1) is 8.14. The van der Waals surface area contributed by atoms with Crippen molar-refractivity contribution in [1.29, 1.82) is 0 Å². The fourth-order valence-corrected chi connectivity index (χ4v) is 0.878. The summed E-state index contributed by atoms with van der Waals surface area (Å²) in [5.74, 6) is -0.489. The Morgan fingerprint density at radius 1 is 1.55 bits per heavy atom. The summed E-state index contributed by atoms with van der Waals surface area (Å²) in [6.45, 7) is -0.150. The van der Waals surface area contributed by atoms with Crippen LogP contribution in [-0.4, -0.2) is 0 Å². The van der Waals surface area contributed by atoms with E-state index in [-0.39, 0.29) is 12.1 Å². The molecule has 11 heavy (non-hydrogen) atoms. The predicted molar refractivity (Wildman–Crippen MR) is 40.9 cm³/mol. The highest BCUT2D eigenvalue weighted by Crippen LogP contribution is 2.14. The zero-order valence-corrected chi connectivity index (χ0v) is 6.31. The van der Waals surface area contributed by atoms with Gasteiger partial charge in [0.15, 0.2) is 0 Å². The normalized spacial score (nSPS) is 9.64. The van der Waals surface area contributed by atoms with E-state index in [0.29, 0.717) is 5.02 Å². The van der Waals surface area contributed by atoms with Gasteiger partial charge >= 0.3 is 0 Å². The van der Waals surface area contributed by atoms with Crippen LogP contribution in [0.15, 0.2) is 23.4 Å². The SMILES string of the molecule is O=NCc1ccc(Cl)cc1F. The molecule has 1 aromatic carbocycles. The third-order valence-electron chi connectivity index (χ3n) is 1.25. The van der Waals surface area contributed by atoms with Crippen LogP contribution in [0.1, 0.15) is 5.56 Å². The van der Waals surface area contributed by atoms with Crippen LogP contribution >= 0.6 is 11.6 Å². The van der Waals surface area contributed by atoms with Crippen LogP contribution in [0.2, 0.25) is 5.02 Å². The zero-order valence-electron chi connectivity index (χ0n) is 5.55. The summed E-state index contributed by atoms with van der Waals surface area (Å²) in [6.07, 6.45) is 0. The molecule has 0 heterocycles. The Hall–Kier alpha value is -0.960. The van der Waals surface area contributed by atoms with Crippen LogP contribution in [0.4, 0.5) is 4.39 Å². The van der Waals surface area contributed by atoms with Crippen molar-refractivity contribution in [2.75, 3.05) is 0 Å². The van der Waals surface area contributed by atoms with Crippen molar-refractivity contribution in [3.8, 4) is 0 Å². The lowest BCUT2D eigenvalue weighted by molar-refractivity contribution is 0.610. The Morgan fingerprint density at radius 2 is 2.27 bits per heavy atom. The second-order valence-electron chi connectivity index (χ2n) is 2.02. The van der Waals surface area contributed by atoms with E-state index < -0.39 is 5.82 Å². The first-order valence-corrected chi connectivity index (χ1v) is 3.35. The zero-order chi connectivity index (χ0) is 8.27. The molecule has 0 atom stereocenters. The van der Waals surface area contributed by atoms with Gasteiger partial charge in [0.25, 0.3) is 0 Å². The average Bonchev–Trinajstić information content (AvgIpc) is 1.95. The van der Waals surface area contributed by atoms with E-state index in [1.54, 1.807) is 0 Å². The van der Waals surface area contributed by atoms with E-state index in [2.05, 4.69) is 5.18 Å². The van der Waals surface area contributed by atoms with Gasteiger partial charge in [0.05, 0.1) is 0 Å². The van der Waals surface area contributed by atoms with Gasteiger partial charge in [-0.25, -0.2) is 4.39 Å². The van der Waals surface area contributed by atoms with Gasteiger partial charge in [-0.1, -0.05) is 22.8 Å². The molecule has 0 bridgehead atoms. The average molecular weight is 174 g/mol. The molecule has 1 rings (SSSR count). The van der Waals surface area contributed by atoms with Gasteiger partial charge in [-0.15, -0.1) is 0 Å². The van der Waals surface area contributed by atoms with Crippen molar-refractivity contribution in [3.05, 3.63) is 39.5 Å². The largest absolute Gasteiger partial charge is 0.207 e. The maximum atomic E-state index is 12.8. The lowest BCUT2D eigenvalue weighted by atomic mass is 10.2. The van der Waals surface area contributed by atoms with Crippen LogP contribution in [0.25, 0.3) is 0 Å². The molecule has 0 spiro atoms. The summed E-state index contributed by atoms with van der Waals surface area (Å²) >= 11 is 5.47. The van der Waals surface area contributed by atoms with E-state index >= 15 is 0 Å². The highest BCUT2D eigenvalue weighted by Gasteiger charge is 2.01. The van der Waals surface area contributed by atoms with Gasteiger partial charge in [-0.3, -0.25) is 0 Å². The molecule has 1 aromatic rings. The minimum atomic E-state index is -0.489. The van der Waals surface area contributed by atoms with Gasteiger partial charge in [-0.05, 0) is 12.1 Å². The van der Waals surface area contributed by atoms with Crippen molar-refractivity contribution in [3.63, 3.8) is 0 Å². The lowest BCUT2D eigenvalue weighted by Crippen LogP contribution is -1.86. The molecule has 0 aliphatic heterocycles. The first-order valence-electron chi connectivity index (χ1n) is 2.97. The van der Waals surface area contributed by atoms with Crippen LogP contribution in [0.5, 0.6) is 0 Å². The highest BCUT2D eigenvalue weighted by molar-refractivity contribution is 6.30. The standard InChI is InChI=1S/C7H5ClFNO/c8-6-2-1-5(4-10-11)7(9)3-6/h1-3H,4H2. The number of nitrogens with zero attached hydrogens (tertiary/aromatic N) is 1. The molecule has 4 heteroatoms. The lowest BCUT2D eigenvalue weighted by Gasteiger charge is -1.96. The molecule has 58 valence electrons. The molecule has 0 aliphatic rings. The Bertz CT molecular complexity index is 277. The van der Waals surface area contributed by atoms with Crippen molar-refractivity contribution in [2.24, 2.45) is 5.18 Å². The number of hydrogen-bond donors (Lipinski definition) is 0. The topological polar surface area (TPSA) is 29.4 Å². The molecule has 2 nitrogen and oxygen atoms in total. The van der Waals surface area contributed by atoms with Gasteiger partial charge in [0, 0.05) is 10.6 Å². The summed E-state index contributed by atoms with van der Waals surface area (Å²) < 4.78 is 12.8. The Labute approximate surface area is 68.0 Å². The van der Waals surface area contributed by atoms with Crippen molar-refractivity contribution in [1.82, 2.24) is 0 Å². The van der Waals surface area contributed by atoms with Gasteiger partial charge in [-0.2, -0.15) is 4.91 Å². The Morgan fingerprint density at radius 3 is 2.82 bits per heavy atom. The third kappa shape index (κ3) is 1.98. The fraction of sp³-hybridized carbons (Fsp3) is 0.143. The molecule has 0 radical (unpaired) electrons. The maximum Gasteiger partial charge on any atom is 0.129 e. The van der Waals surface area contributed by atoms with Crippen molar-refractivity contribution in [2.45, 2.75) is 6.54 Å². The molecule has 0 aromatic heterocycles. The van der Waals surface area contributed by atoms with Crippen LogP contribution in [-0.2, 0) is 6.54 Å². The van der Waals surface area contributed by atoms with Gasteiger partial charge in [0.1, 0.15) is 12.4 Å². The summed E-state index contributed by atoms with van der Waals surface area (Å²) in [7, 11) is 0. The van der Waals surface area contributed by atoms with Crippen molar-refractivity contribution >= 4 is 11.6 Å². The number of hydrogen-bond acceptors (Lipinski definition) is 2. The summed E-state index contributed by atoms with van der Waals surface area (Å²) in [5.41, 5.74) is 0.268. The van der Waals surface area contributed by atoms with E-state index in [9.17, 15) is 9.30 Å². The van der Waals surface area contributed by atoms with E-state index in [4.69, 9.17) is 11.6 Å². The fourth-order valence-electron chi connectivity index (χ4n) is 0.719. The summed E-state index contributed by atoms with van der Waals surface area (Å²) in [4.78, 5) is 9.76. The number of nitroso groups, excluding NO2 is 1. The first-order chi connectivity index (χ1) is 5.24. The number of rotatable bonds is 2. The smallest absolute Gasteiger partial charge is 0.129 e. The minimum absolute atomic E-state index is 0.150. The second-order valence-corrected chi connectivity index (χ2v) is 2.46. The minimum Gasteiger partial charge on any atom is -0.207 e. The molecule has 0 fully saturated rings. The molecular formula is C7H5ClFNO. The van der Waals surface area contributed by atoms with Crippen molar-refractivity contribution < 1.29 is 4.39 Å². The van der Waals surface area contributed by atoms with Gasteiger partial charge < -0.3 is 0 Å². The second kappa shape index (κ2) is 3.44.